The highest BCUT2D eigenvalue weighted by molar-refractivity contribution is 5.68. The molecule has 0 rings (SSSR count). The second-order valence-corrected chi connectivity index (χ2v) is 3.96. The smallest absolute Gasteiger partial charge is 0.317 e. The van der Waals surface area contributed by atoms with Gasteiger partial charge in [0.25, 0.3) is 0 Å². The minimum absolute atomic E-state index is 0.278. The first-order valence-corrected chi connectivity index (χ1v) is 5.42. The number of hydrogen-bond acceptors (Lipinski definition) is 3. The predicted octanol–water partition coefficient (Wildman–Crippen LogP) is 1.99. The fourth-order valence-corrected chi connectivity index (χ4v) is 0.939. The first-order chi connectivity index (χ1) is 7.43. The van der Waals surface area contributed by atoms with Gasteiger partial charge in [-0.3, -0.25) is 4.79 Å². The molecule has 0 radical (unpaired) electrons. The molecule has 0 aromatic carbocycles. The Labute approximate surface area is 97.5 Å². The van der Waals surface area contributed by atoms with E-state index in [1.165, 1.54) is 5.57 Å². The van der Waals surface area contributed by atoms with Gasteiger partial charge >= 0.3 is 5.97 Å². The molecule has 0 aliphatic carbocycles. The van der Waals surface area contributed by atoms with Crippen molar-refractivity contribution in [1.29, 1.82) is 0 Å². The van der Waals surface area contributed by atoms with Gasteiger partial charge in [-0.1, -0.05) is 18.6 Å². The summed E-state index contributed by atoms with van der Waals surface area (Å²) in [6.07, 6.45) is 6.17. The van der Waals surface area contributed by atoms with Gasteiger partial charge in [-0.05, 0) is 32.6 Å². The summed E-state index contributed by atoms with van der Waals surface area (Å²) in [5, 5.41) is 7.60. The van der Waals surface area contributed by atoms with E-state index in [0.29, 0.717) is 12.3 Å². The number of carboxylic acids is 1. The lowest BCUT2D eigenvalue weighted by atomic mass is 10.0. The molecule has 4 nitrogen and oxygen atoms in total. The molecule has 16 heavy (non-hydrogen) atoms. The normalized spacial score (nSPS) is 10.8. The third kappa shape index (κ3) is 18.6. The fraction of sp³-hybridized carbons (Fsp3) is 0.667. The number of carboxylic acid groups (broad SMARTS) is 1. The number of nitrogens with two attached hydrogens (primary N) is 1. The molecule has 0 bridgehead atoms. The Morgan fingerprint density at radius 3 is 2.25 bits per heavy atom. The Morgan fingerprint density at radius 2 is 1.94 bits per heavy atom. The van der Waals surface area contributed by atoms with E-state index >= 15 is 0 Å². The number of aliphatic carboxylic acids is 1. The van der Waals surface area contributed by atoms with Crippen molar-refractivity contribution in [3.05, 3.63) is 11.6 Å². The Kier molecular flexibility index (Phi) is 12.8. The van der Waals surface area contributed by atoms with Crippen LogP contribution in [-0.4, -0.2) is 23.9 Å². The average Bonchev–Trinajstić information content (AvgIpc) is 2.18. The zero-order valence-electron chi connectivity index (χ0n) is 10.4. The van der Waals surface area contributed by atoms with Crippen molar-refractivity contribution in [3.8, 4) is 0 Å². The van der Waals surface area contributed by atoms with E-state index in [1.807, 2.05) is 0 Å². The van der Waals surface area contributed by atoms with Gasteiger partial charge in [-0.15, -0.1) is 0 Å². The van der Waals surface area contributed by atoms with Gasteiger partial charge in [0.15, 0.2) is 0 Å². The van der Waals surface area contributed by atoms with Crippen LogP contribution in [0, 0.1) is 5.92 Å². The first-order valence-electron chi connectivity index (χ1n) is 5.42. The van der Waals surface area contributed by atoms with Crippen LogP contribution in [0.3, 0.4) is 0 Å². The highest BCUT2D eigenvalue weighted by atomic mass is 16.4. The van der Waals surface area contributed by atoms with Crippen LogP contribution in [0.1, 0.15) is 40.0 Å². The zero-order chi connectivity index (χ0) is 13.0. The summed E-state index contributed by atoms with van der Waals surface area (Å²) < 4.78 is 0. The fourth-order valence-electron chi connectivity index (χ4n) is 0.939. The molecule has 0 aromatic rings. The average molecular weight is 229 g/mol. The minimum Gasteiger partial charge on any atom is -0.480 e. The van der Waals surface area contributed by atoms with Crippen LogP contribution in [0.5, 0.6) is 0 Å². The van der Waals surface area contributed by atoms with Crippen molar-refractivity contribution >= 4 is 12.3 Å². The van der Waals surface area contributed by atoms with Gasteiger partial charge < -0.3 is 15.6 Å². The van der Waals surface area contributed by atoms with Crippen molar-refractivity contribution in [2.75, 3.05) is 6.54 Å². The van der Waals surface area contributed by atoms with Gasteiger partial charge in [0.05, 0.1) is 6.54 Å². The Balaban J connectivity index is 0. The van der Waals surface area contributed by atoms with E-state index < -0.39 is 5.97 Å². The summed E-state index contributed by atoms with van der Waals surface area (Å²) in [5.41, 5.74) is 5.94. The molecule has 0 aromatic heterocycles. The SMILES string of the molecule is CC(C)=CCCC(C)CC=O.NCC(=O)O. The van der Waals surface area contributed by atoms with Crippen molar-refractivity contribution in [2.45, 2.75) is 40.0 Å². The molecule has 0 amide bonds. The van der Waals surface area contributed by atoms with Crippen LogP contribution in [0.2, 0.25) is 0 Å². The lowest BCUT2D eigenvalue weighted by molar-refractivity contribution is -0.135. The van der Waals surface area contributed by atoms with E-state index in [4.69, 9.17) is 5.11 Å². The van der Waals surface area contributed by atoms with Crippen LogP contribution in [0.25, 0.3) is 0 Å². The number of hydrogen-bond donors (Lipinski definition) is 2. The van der Waals surface area contributed by atoms with Gasteiger partial charge in [0.2, 0.25) is 0 Å². The second-order valence-electron chi connectivity index (χ2n) is 3.96. The summed E-state index contributed by atoms with van der Waals surface area (Å²) in [7, 11) is 0. The number of rotatable bonds is 6. The quantitative estimate of drug-likeness (QED) is 0.539. The Hall–Kier alpha value is -1.16. The summed E-state index contributed by atoms with van der Waals surface area (Å²) in [6.45, 7) is 6.04. The molecule has 0 heterocycles. The third-order valence-corrected chi connectivity index (χ3v) is 1.89. The van der Waals surface area contributed by atoms with E-state index in [1.54, 1.807) is 0 Å². The highest BCUT2D eigenvalue weighted by Crippen LogP contribution is 2.09. The van der Waals surface area contributed by atoms with Crippen LogP contribution >= 0.6 is 0 Å². The standard InChI is InChI=1S/C10H18O.C2H5NO2/c1-9(2)5-4-6-10(3)7-8-11;3-1-2(4)5/h5,8,10H,4,6-7H2,1-3H3;1,3H2,(H,4,5). The maximum absolute atomic E-state index is 10.1. The maximum atomic E-state index is 10.1. The lowest BCUT2D eigenvalue weighted by Gasteiger charge is -2.03. The monoisotopic (exact) mass is 229 g/mol. The van der Waals surface area contributed by atoms with Gasteiger partial charge in [0, 0.05) is 6.42 Å². The molecule has 0 saturated heterocycles. The van der Waals surface area contributed by atoms with E-state index in [2.05, 4.69) is 32.6 Å². The Bertz CT molecular complexity index is 220. The van der Waals surface area contributed by atoms with Crippen LogP contribution in [-0.2, 0) is 9.59 Å². The predicted molar refractivity (Wildman–Crippen MR) is 65.2 cm³/mol. The van der Waals surface area contributed by atoms with Gasteiger partial charge in [-0.2, -0.15) is 0 Å². The second kappa shape index (κ2) is 11.9. The molecular weight excluding hydrogens is 206 g/mol. The Morgan fingerprint density at radius 1 is 1.44 bits per heavy atom. The first kappa shape index (κ1) is 17.2. The van der Waals surface area contributed by atoms with Crippen molar-refractivity contribution in [1.82, 2.24) is 0 Å². The topological polar surface area (TPSA) is 80.4 Å². The molecule has 1 unspecified atom stereocenters. The van der Waals surface area contributed by atoms with Crippen molar-refractivity contribution in [3.63, 3.8) is 0 Å². The molecule has 0 fully saturated rings. The van der Waals surface area contributed by atoms with Crippen LogP contribution in [0.15, 0.2) is 11.6 Å². The number of aldehydes is 1. The molecule has 0 saturated carbocycles. The largest absolute Gasteiger partial charge is 0.480 e. The van der Waals surface area contributed by atoms with Crippen molar-refractivity contribution in [2.24, 2.45) is 11.7 Å². The van der Waals surface area contributed by atoms with E-state index in [-0.39, 0.29) is 6.54 Å². The van der Waals surface area contributed by atoms with E-state index in [9.17, 15) is 9.59 Å². The molecule has 4 heteroatoms. The molecule has 94 valence electrons. The van der Waals surface area contributed by atoms with Crippen LogP contribution < -0.4 is 5.73 Å². The lowest BCUT2D eigenvalue weighted by Crippen LogP contribution is -2.10. The molecule has 1 atom stereocenters. The zero-order valence-corrected chi connectivity index (χ0v) is 10.4. The minimum atomic E-state index is -0.968. The van der Waals surface area contributed by atoms with Crippen molar-refractivity contribution < 1.29 is 14.7 Å². The highest BCUT2D eigenvalue weighted by Gasteiger charge is 1.98. The maximum Gasteiger partial charge on any atom is 0.317 e. The molecule has 0 aliphatic heterocycles. The number of carbonyl (C=O) groups excluding carboxylic acids is 1. The third-order valence-electron chi connectivity index (χ3n) is 1.89. The molecular formula is C12H23NO3. The molecule has 0 aliphatic rings. The summed E-state index contributed by atoms with van der Waals surface area (Å²) in [5.74, 6) is -0.423. The molecule has 0 spiro atoms. The summed E-state index contributed by atoms with van der Waals surface area (Å²) in [6, 6.07) is 0. The summed E-state index contributed by atoms with van der Waals surface area (Å²) in [4.78, 5) is 19.3. The molecule has 3 N–H and O–H groups in total. The number of allylic oxidation sites excluding steroid dienone is 2. The van der Waals surface area contributed by atoms with Gasteiger partial charge in [-0.25, -0.2) is 0 Å². The van der Waals surface area contributed by atoms with Crippen LogP contribution in [0.4, 0.5) is 0 Å². The van der Waals surface area contributed by atoms with E-state index in [0.717, 1.165) is 19.1 Å². The number of carbonyl (C=O) groups is 2. The van der Waals surface area contributed by atoms with Gasteiger partial charge in [0.1, 0.15) is 6.29 Å². The summed E-state index contributed by atoms with van der Waals surface area (Å²) >= 11 is 0.